The molecule has 1 aliphatic heterocycles. The molecule has 1 atom stereocenters. The Balaban J connectivity index is 1.78. The third kappa shape index (κ3) is 3.66. The maximum absolute atomic E-state index is 9.75. The highest BCUT2D eigenvalue weighted by atomic mass is 16.3. The lowest BCUT2D eigenvalue weighted by atomic mass is 10.2. The first-order valence-electron chi connectivity index (χ1n) is 6.50. The molecule has 1 aromatic rings. The molecule has 2 rings (SSSR count). The Labute approximate surface area is 108 Å². The first-order chi connectivity index (χ1) is 8.79. The summed E-state index contributed by atoms with van der Waals surface area (Å²) in [6.07, 6.45) is 1.55. The molecule has 0 amide bonds. The van der Waals surface area contributed by atoms with Crippen LogP contribution in [-0.2, 0) is 0 Å². The maximum Gasteiger partial charge on any atom is 0.128 e. The van der Waals surface area contributed by atoms with Gasteiger partial charge in [0.1, 0.15) is 5.82 Å². The Hall–Kier alpha value is -1.17. The summed E-state index contributed by atoms with van der Waals surface area (Å²) in [4.78, 5) is 8.97. The number of nitrogens with one attached hydrogen (secondary N) is 1. The molecule has 0 spiro atoms. The fraction of sp³-hybridized carbons (Fsp3) is 0.615. The number of nitrogens with zero attached hydrogens (tertiary/aromatic N) is 3. The fourth-order valence-electron chi connectivity index (χ4n) is 2.30. The zero-order chi connectivity index (χ0) is 12.8. The van der Waals surface area contributed by atoms with E-state index in [0.29, 0.717) is 6.54 Å². The summed E-state index contributed by atoms with van der Waals surface area (Å²) in [7, 11) is 1.86. The molecule has 5 heteroatoms. The van der Waals surface area contributed by atoms with Gasteiger partial charge in [-0.3, -0.25) is 4.90 Å². The Morgan fingerprint density at radius 1 is 1.33 bits per heavy atom. The molecule has 5 nitrogen and oxygen atoms in total. The van der Waals surface area contributed by atoms with Gasteiger partial charge >= 0.3 is 0 Å². The van der Waals surface area contributed by atoms with Crippen molar-refractivity contribution < 1.29 is 5.11 Å². The lowest BCUT2D eigenvalue weighted by Crippen LogP contribution is -2.49. The van der Waals surface area contributed by atoms with Gasteiger partial charge in [0.15, 0.2) is 0 Å². The summed E-state index contributed by atoms with van der Waals surface area (Å²) < 4.78 is 0. The lowest BCUT2D eigenvalue weighted by molar-refractivity contribution is 0.109. The molecule has 1 unspecified atom stereocenters. The van der Waals surface area contributed by atoms with E-state index in [0.717, 1.165) is 38.5 Å². The smallest absolute Gasteiger partial charge is 0.128 e. The largest absolute Gasteiger partial charge is 0.390 e. The summed E-state index contributed by atoms with van der Waals surface area (Å²) in [6.45, 7) is 5.32. The molecule has 0 aliphatic carbocycles. The standard InChI is InChI=1S/C13H22N4O/c1-14-10-12(18)11-16-6-8-17(9-7-16)13-4-2-3-5-15-13/h2-5,12,14,18H,6-11H2,1H3. The molecule has 0 bridgehead atoms. The van der Waals surface area contributed by atoms with Crippen molar-refractivity contribution in [3.05, 3.63) is 24.4 Å². The molecule has 100 valence electrons. The van der Waals surface area contributed by atoms with Crippen LogP contribution in [0.5, 0.6) is 0 Å². The van der Waals surface area contributed by atoms with Gasteiger partial charge in [-0.2, -0.15) is 0 Å². The molecule has 2 N–H and O–H groups in total. The number of piperazine rings is 1. The third-order valence-electron chi connectivity index (χ3n) is 3.25. The van der Waals surface area contributed by atoms with Crippen molar-refractivity contribution >= 4 is 5.82 Å². The van der Waals surface area contributed by atoms with Crippen LogP contribution in [0.4, 0.5) is 5.82 Å². The van der Waals surface area contributed by atoms with Crippen molar-refractivity contribution in [1.29, 1.82) is 0 Å². The Bertz CT molecular complexity index is 338. The van der Waals surface area contributed by atoms with Gasteiger partial charge in [-0.25, -0.2) is 4.98 Å². The normalized spacial score (nSPS) is 18.9. The number of rotatable bonds is 5. The predicted octanol–water partition coefficient (Wildman–Crippen LogP) is -0.216. The van der Waals surface area contributed by atoms with E-state index in [-0.39, 0.29) is 6.10 Å². The minimum absolute atomic E-state index is 0.281. The second kappa shape index (κ2) is 6.68. The van der Waals surface area contributed by atoms with Gasteiger partial charge in [0, 0.05) is 45.5 Å². The molecule has 0 radical (unpaired) electrons. The van der Waals surface area contributed by atoms with Crippen LogP contribution < -0.4 is 10.2 Å². The van der Waals surface area contributed by atoms with Gasteiger partial charge in [0.2, 0.25) is 0 Å². The van der Waals surface area contributed by atoms with Crippen molar-refractivity contribution in [1.82, 2.24) is 15.2 Å². The van der Waals surface area contributed by atoms with Crippen LogP contribution in [0.2, 0.25) is 0 Å². The Morgan fingerprint density at radius 2 is 2.11 bits per heavy atom. The minimum Gasteiger partial charge on any atom is -0.390 e. The second-order valence-electron chi connectivity index (χ2n) is 4.69. The first kappa shape index (κ1) is 13.3. The second-order valence-corrected chi connectivity index (χ2v) is 4.69. The van der Waals surface area contributed by atoms with E-state index in [1.165, 1.54) is 0 Å². The van der Waals surface area contributed by atoms with E-state index in [4.69, 9.17) is 0 Å². The van der Waals surface area contributed by atoms with Crippen LogP contribution in [0.15, 0.2) is 24.4 Å². The molecule has 1 fully saturated rings. The van der Waals surface area contributed by atoms with Crippen molar-refractivity contribution in [2.45, 2.75) is 6.10 Å². The van der Waals surface area contributed by atoms with Gasteiger partial charge in [0.25, 0.3) is 0 Å². The fourth-order valence-corrected chi connectivity index (χ4v) is 2.30. The lowest BCUT2D eigenvalue weighted by Gasteiger charge is -2.36. The highest BCUT2D eigenvalue weighted by molar-refractivity contribution is 5.38. The number of likely N-dealkylation sites (N-methyl/N-ethyl adjacent to an activating group) is 1. The molecule has 1 aliphatic rings. The maximum atomic E-state index is 9.75. The molecule has 2 heterocycles. The van der Waals surface area contributed by atoms with Gasteiger partial charge in [-0.05, 0) is 19.2 Å². The quantitative estimate of drug-likeness (QED) is 0.757. The summed E-state index contributed by atoms with van der Waals surface area (Å²) >= 11 is 0. The summed E-state index contributed by atoms with van der Waals surface area (Å²) in [5.41, 5.74) is 0. The molecule has 1 aromatic heterocycles. The highest BCUT2D eigenvalue weighted by Gasteiger charge is 2.19. The van der Waals surface area contributed by atoms with Crippen molar-refractivity contribution in [2.24, 2.45) is 0 Å². The average Bonchev–Trinajstić information content (AvgIpc) is 2.41. The molecule has 1 saturated heterocycles. The number of β-amino-alcohol motifs (C(OH)–C–C–N with tert-alkyl or cyclic N) is 1. The minimum atomic E-state index is -0.281. The van der Waals surface area contributed by atoms with Gasteiger partial charge in [-0.1, -0.05) is 6.07 Å². The first-order valence-corrected chi connectivity index (χ1v) is 6.50. The molecular formula is C13H22N4O. The molecule has 0 aromatic carbocycles. The number of hydrogen-bond donors (Lipinski definition) is 2. The van der Waals surface area contributed by atoms with E-state index in [2.05, 4.69) is 20.1 Å². The molecule has 0 saturated carbocycles. The van der Waals surface area contributed by atoms with E-state index in [9.17, 15) is 5.11 Å². The zero-order valence-corrected chi connectivity index (χ0v) is 10.9. The van der Waals surface area contributed by atoms with Crippen molar-refractivity contribution in [3.8, 4) is 0 Å². The number of hydrogen-bond acceptors (Lipinski definition) is 5. The zero-order valence-electron chi connectivity index (χ0n) is 10.9. The third-order valence-corrected chi connectivity index (χ3v) is 3.25. The number of pyridine rings is 1. The number of aliphatic hydroxyl groups excluding tert-OH is 1. The summed E-state index contributed by atoms with van der Waals surface area (Å²) in [6, 6.07) is 6.00. The monoisotopic (exact) mass is 250 g/mol. The number of aliphatic hydroxyl groups is 1. The van der Waals surface area contributed by atoms with E-state index in [1.54, 1.807) is 0 Å². The van der Waals surface area contributed by atoms with Crippen LogP contribution in [0, 0.1) is 0 Å². The molecular weight excluding hydrogens is 228 g/mol. The summed E-state index contributed by atoms with van der Waals surface area (Å²) in [5.74, 6) is 1.05. The van der Waals surface area contributed by atoms with Gasteiger partial charge in [0.05, 0.1) is 6.10 Å². The van der Waals surface area contributed by atoms with Crippen LogP contribution in [0.3, 0.4) is 0 Å². The topological polar surface area (TPSA) is 51.6 Å². The molecule has 18 heavy (non-hydrogen) atoms. The van der Waals surface area contributed by atoms with Crippen LogP contribution in [0.1, 0.15) is 0 Å². The number of aromatic nitrogens is 1. The average molecular weight is 250 g/mol. The van der Waals surface area contributed by atoms with Crippen LogP contribution in [-0.4, -0.2) is 67.4 Å². The van der Waals surface area contributed by atoms with Crippen LogP contribution in [0.25, 0.3) is 0 Å². The van der Waals surface area contributed by atoms with Crippen molar-refractivity contribution in [3.63, 3.8) is 0 Å². The SMILES string of the molecule is CNCC(O)CN1CCN(c2ccccn2)CC1. The van der Waals surface area contributed by atoms with Crippen LogP contribution >= 0.6 is 0 Å². The highest BCUT2D eigenvalue weighted by Crippen LogP contribution is 2.12. The van der Waals surface area contributed by atoms with Crippen molar-refractivity contribution in [2.75, 3.05) is 51.2 Å². The van der Waals surface area contributed by atoms with E-state index < -0.39 is 0 Å². The van der Waals surface area contributed by atoms with E-state index >= 15 is 0 Å². The van der Waals surface area contributed by atoms with Gasteiger partial charge < -0.3 is 15.3 Å². The Morgan fingerprint density at radius 3 is 2.72 bits per heavy atom. The van der Waals surface area contributed by atoms with E-state index in [1.807, 2.05) is 31.4 Å². The predicted molar refractivity (Wildman–Crippen MR) is 72.8 cm³/mol. The number of anilines is 1. The van der Waals surface area contributed by atoms with Gasteiger partial charge in [-0.15, -0.1) is 0 Å². The Kier molecular flexibility index (Phi) is 4.92. The summed E-state index contributed by atoms with van der Waals surface area (Å²) in [5, 5.41) is 12.7.